The molecule has 1 aliphatic rings. The fourth-order valence-electron chi connectivity index (χ4n) is 3.20. The van der Waals surface area contributed by atoms with Crippen LogP contribution in [-0.2, 0) is 4.74 Å². The van der Waals surface area contributed by atoms with E-state index < -0.39 is 0 Å². The van der Waals surface area contributed by atoms with E-state index in [4.69, 9.17) is 4.74 Å². The number of H-pyrrole nitrogens is 1. The van der Waals surface area contributed by atoms with E-state index in [1.54, 1.807) is 6.20 Å². The molecule has 128 valence electrons. The highest BCUT2D eigenvalue weighted by molar-refractivity contribution is 6.13. The van der Waals surface area contributed by atoms with Crippen LogP contribution in [0.25, 0.3) is 10.9 Å². The highest BCUT2D eigenvalue weighted by Crippen LogP contribution is 2.23. The van der Waals surface area contributed by atoms with E-state index in [0.29, 0.717) is 11.3 Å². The number of nitrogens with zero attached hydrogens (tertiary/aromatic N) is 2. The number of carbonyl (C=O) groups is 1. The van der Waals surface area contributed by atoms with Crippen molar-refractivity contribution in [1.82, 2.24) is 9.97 Å². The first-order valence-corrected chi connectivity index (χ1v) is 8.40. The summed E-state index contributed by atoms with van der Waals surface area (Å²) in [4.78, 5) is 22.6. The molecule has 1 saturated heterocycles. The van der Waals surface area contributed by atoms with Crippen molar-refractivity contribution < 1.29 is 9.53 Å². The Kier molecular flexibility index (Phi) is 4.11. The molecule has 0 atom stereocenters. The number of hydrogen-bond donors (Lipinski definition) is 2. The molecule has 25 heavy (non-hydrogen) atoms. The summed E-state index contributed by atoms with van der Waals surface area (Å²) in [6.45, 7) is 5.04. The lowest BCUT2D eigenvalue weighted by atomic mass is 10.1. The van der Waals surface area contributed by atoms with E-state index in [1.807, 2.05) is 43.3 Å². The number of anilines is 2. The first kappa shape index (κ1) is 15.7. The van der Waals surface area contributed by atoms with Crippen molar-refractivity contribution in [2.24, 2.45) is 0 Å². The maximum Gasteiger partial charge on any atom is 0.258 e. The first-order chi connectivity index (χ1) is 12.2. The van der Waals surface area contributed by atoms with E-state index in [9.17, 15) is 4.79 Å². The van der Waals surface area contributed by atoms with Gasteiger partial charge in [0.25, 0.3) is 5.91 Å². The minimum atomic E-state index is -0.129. The average molecular weight is 336 g/mol. The number of fused-ring (bicyclic) bond motifs is 1. The number of pyridine rings is 1. The summed E-state index contributed by atoms with van der Waals surface area (Å²) in [5.74, 6) is 0.778. The van der Waals surface area contributed by atoms with Gasteiger partial charge in [-0.3, -0.25) is 4.79 Å². The molecule has 6 nitrogen and oxygen atoms in total. The number of para-hydroxylation sites is 1. The van der Waals surface area contributed by atoms with Crippen LogP contribution < -0.4 is 10.2 Å². The van der Waals surface area contributed by atoms with Gasteiger partial charge in [0.2, 0.25) is 0 Å². The SMILES string of the molecule is Cc1[nH]c2ccccc2c1C(=O)Nc1ccc(N2CCOCC2)nc1. The Hall–Kier alpha value is -2.86. The summed E-state index contributed by atoms with van der Waals surface area (Å²) >= 11 is 0. The normalized spacial score (nSPS) is 14.7. The highest BCUT2D eigenvalue weighted by atomic mass is 16.5. The fourth-order valence-corrected chi connectivity index (χ4v) is 3.20. The summed E-state index contributed by atoms with van der Waals surface area (Å²) in [7, 11) is 0. The molecule has 6 heteroatoms. The Morgan fingerprint density at radius 2 is 2.00 bits per heavy atom. The summed E-state index contributed by atoms with van der Waals surface area (Å²) in [6.07, 6.45) is 1.70. The van der Waals surface area contributed by atoms with Gasteiger partial charge in [-0.15, -0.1) is 0 Å². The number of ether oxygens (including phenoxy) is 1. The maximum absolute atomic E-state index is 12.7. The number of benzene rings is 1. The number of morpholine rings is 1. The van der Waals surface area contributed by atoms with E-state index in [0.717, 1.165) is 48.7 Å². The monoisotopic (exact) mass is 336 g/mol. The van der Waals surface area contributed by atoms with Crippen LogP contribution >= 0.6 is 0 Å². The van der Waals surface area contributed by atoms with Crippen molar-refractivity contribution in [3.63, 3.8) is 0 Å². The lowest BCUT2D eigenvalue weighted by molar-refractivity contribution is 0.102. The Labute approximate surface area is 145 Å². The minimum absolute atomic E-state index is 0.129. The molecule has 1 aliphatic heterocycles. The predicted octanol–water partition coefficient (Wildman–Crippen LogP) is 2.96. The maximum atomic E-state index is 12.7. The van der Waals surface area contributed by atoms with Crippen LogP contribution in [0.1, 0.15) is 16.1 Å². The second kappa shape index (κ2) is 6.57. The van der Waals surface area contributed by atoms with Gasteiger partial charge in [-0.05, 0) is 25.1 Å². The van der Waals surface area contributed by atoms with Gasteiger partial charge < -0.3 is 19.9 Å². The second-order valence-corrected chi connectivity index (χ2v) is 6.13. The zero-order valence-electron chi connectivity index (χ0n) is 14.1. The molecule has 0 saturated carbocycles. The zero-order valence-corrected chi connectivity index (χ0v) is 14.1. The van der Waals surface area contributed by atoms with Gasteiger partial charge in [-0.25, -0.2) is 4.98 Å². The number of aromatic nitrogens is 2. The molecule has 3 aromatic rings. The molecule has 0 unspecified atom stereocenters. The molecule has 2 N–H and O–H groups in total. The number of aryl methyl sites for hydroxylation is 1. The molecule has 1 aromatic carbocycles. The van der Waals surface area contributed by atoms with E-state index in [2.05, 4.69) is 20.2 Å². The van der Waals surface area contributed by atoms with Crippen LogP contribution in [0.2, 0.25) is 0 Å². The summed E-state index contributed by atoms with van der Waals surface area (Å²) in [5.41, 5.74) is 3.18. The van der Waals surface area contributed by atoms with Gasteiger partial charge in [0.15, 0.2) is 0 Å². The quantitative estimate of drug-likeness (QED) is 0.771. The van der Waals surface area contributed by atoms with Crippen LogP contribution in [0.3, 0.4) is 0 Å². The Bertz CT molecular complexity index is 895. The summed E-state index contributed by atoms with van der Waals surface area (Å²) in [6, 6.07) is 11.6. The van der Waals surface area contributed by atoms with Crippen molar-refractivity contribution in [3.05, 3.63) is 53.9 Å². The molecular formula is C19H20N4O2. The Morgan fingerprint density at radius 3 is 2.76 bits per heavy atom. The Morgan fingerprint density at radius 1 is 1.20 bits per heavy atom. The zero-order chi connectivity index (χ0) is 17.2. The summed E-state index contributed by atoms with van der Waals surface area (Å²) < 4.78 is 5.36. The smallest absolute Gasteiger partial charge is 0.258 e. The molecule has 1 amide bonds. The van der Waals surface area contributed by atoms with Crippen LogP contribution in [0.15, 0.2) is 42.6 Å². The molecule has 0 aliphatic carbocycles. The van der Waals surface area contributed by atoms with Crippen molar-refractivity contribution in [2.75, 3.05) is 36.5 Å². The first-order valence-electron chi connectivity index (χ1n) is 8.40. The number of carbonyl (C=O) groups excluding carboxylic acids is 1. The standard InChI is InChI=1S/C19H20N4O2/c1-13-18(15-4-2-3-5-16(15)21-13)19(24)22-14-6-7-17(20-12-14)23-8-10-25-11-9-23/h2-7,12,21H,8-11H2,1H3,(H,22,24). The number of hydrogen-bond acceptors (Lipinski definition) is 4. The largest absolute Gasteiger partial charge is 0.378 e. The van der Waals surface area contributed by atoms with E-state index in [1.165, 1.54) is 0 Å². The molecule has 2 aromatic heterocycles. The van der Waals surface area contributed by atoms with E-state index >= 15 is 0 Å². The summed E-state index contributed by atoms with van der Waals surface area (Å²) in [5, 5.41) is 3.87. The molecule has 0 spiro atoms. The average Bonchev–Trinajstić information content (AvgIpc) is 2.99. The number of rotatable bonds is 3. The number of nitrogens with one attached hydrogen (secondary N) is 2. The van der Waals surface area contributed by atoms with Crippen molar-refractivity contribution >= 4 is 28.3 Å². The lowest BCUT2D eigenvalue weighted by Crippen LogP contribution is -2.36. The van der Waals surface area contributed by atoms with Crippen molar-refractivity contribution in [3.8, 4) is 0 Å². The molecule has 1 fully saturated rings. The van der Waals surface area contributed by atoms with Crippen LogP contribution in [0.5, 0.6) is 0 Å². The van der Waals surface area contributed by atoms with E-state index in [-0.39, 0.29) is 5.91 Å². The molecule has 3 heterocycles. The van der Waals surface area contributed by atoms with Gasteiger partial charge >= 0.3 is 0 Å². The Balaban J connectivity index is 1.53. The topological polar surface area (TPSA) is 70.2 Å². The molecule has 0 radical (unpaired) electrons. The van der Waals surface area contributed by atoms with Crippen LogP contribution in [-0.4, -0.2) is 42.2 Å². The highest BCUT2D eigenvalue weighted by Gasteiger charge is 2.16. The second-order valence-electron chi connectivity index (χ2n) is 6.13. The van der Waals surface area contributed by atoms with Gasteiger partial charge in [-0.2, -0.15) is 0 Å². The third-order valence-electron chi connectivity index (χ3n) is 4.46. The minimum Gasteiger partial charge on any atom is -0.378 e. The number of aromatic amines is 1. The predicted molar refractivity (Wildman–Crippen MR) is 98.3 cm³/mol. The van der Waals surface area contributed by atoms with Crippen LogP contribution in [0.4, 0.5) is 11.5 Å². The molecule has 0 bridgehead atoms. The fraction of sp³-hybridized carbons (Fsp3) is 0.263. The van der Waals surface area contributed by atoms with Gasteiger partial charge in [0, 0.05) is 29.7 Å². The third kappa shape index (κ3) is 3.08. The lowest BCUT2D eigenvalue weighted by Gasteiger charge is -2.27. The van der Waals surface area contributed by atoms with Crippen molar-refractivity contribution in [1.29, 1.82) is 0 Å². The van der Waals surface area contributed by atoms with Gasteiger partial charge in [0.05, 0.1) is 30.7 Å². The molecular weight excluding hydrogens is 316 g/mol. The van der Waals surface area contributed by atoms with Gasteiger partial charge in [0.1, 0.15) is 5.82 Å². The van der Waals surface area contributed by atoms with Gasteiger partial charge in [-0.1, -0.05) is 18.2 Å². The number of amides is 1. The molecule has 4 rings (SSSR count). The third-order valence-corrected chi connectivity index (χ3v) is 4.46. The van der Waals surface area contributed by atoms with Crippen molar-refractivity contribution in [2.45, 2.75) is 6.92 Å². The van der Waals surface area contributed by atoms with Crippen LogP contribution in [0, 0.1) is 6.92 Å².